The van der Waals surface area contributed by atoms with Crippen molar-refractivity contribution < 1.29 is 251 Å². The van der Waals surface area contributed by atoms with E-state index in [4.69, 9.17) is 44.3 Å². The Bertz CT molecular complexity index is 100.0. The molecular weight excluding hydrogens is 986 g/mol. The van der Waals surface area contributed by atoms with Crippen LogP contribution in [0, 0.1) is 153 Å². The molecule has 124 valence electrons. The Morgan fingerprint density at radius 2 is 0.263 bits per heavy atom. The van der Waals surface area contributed by atoms with Gasteiger partial charge in [0, 0.05) is 0 Å². The Morgan fingerprint density at radius 1 is 0.263 bits per heavy atom. The fourth-order valence-corrected chi connectivity index (χ4v) is 0. The van der Waals surface area contributed by atoms with Crippen molar-refractivity contribution in [2.45, 2.75) is 0 Å². The van der Waals surface area contributed by atoms with Crippen LogP contribution in [0.1, 0.15) is 0 Å². The van der Waals surface area contributed by atoms with Gasteiger partial charge >= 0.3 is 251 Å². The van der Waals surface area contributed by atoms with E-state index >= 15 is 0 Å². The average Bonchev–Trinajstić information content (AvgIpc) is 1.41. The molecule has 19 heteroatoms. The minimum absolute atomic E-state index is 0. The molecule has 0 aromatic rings. The van der Waals surface area contributed by atoms with E-state index in [2.05, 4.69) is 0 Å². The maximum atomic E-state index is 8.62. The zero-order valence-corrected chi connectivity index (χ0v) is 20.5. The van der Waals surface area contributed by atoms with Gasteiger partial charge in [-0.15, -0.1) is 0 Å². The van der Waals surface area contributed by atoms with Gasteiger partial charge in [-0.3, -0.25) is 0 Å². The topological polar surface area (TPSA) is 277 Å². The van der Waals surface area contributed by atoms with E-state index < -0.39 is 54.4 Å². The van der Waals surface area contributed by atoms with Crippen LogP contribution in [0.2, 0.25) is 0 Å². The second kappa shape index (κ2) is 22.8. The van der Waals surface area contributed by atoms with Gasteiger partial charge in [-0.1, -0.05) is 0 Å². The zero-order chi connectivity index (χ0) is 13.5. The maximum absolute atomic E-state index is 8.62. The predicted molar refractivity (Wildman–Crippen MR) is 0 cm³/mol. The first-order valence-corrected chi connectivity index (χ1v) is 10.1. The molecule has 0 aliphatic rings. The van der Waals surface area contributed by atoms with Crippen LogP contribution in [0.4, 0.5) is 0 Å². The molecule has 0 N–H and O–H groups in total. The molecule has 0 fully saturated rings. The Hall–Kier alpha value is 6.75. The molecule has 0 amide bonds. The molecule has 19 heavy (non-hydrogen) atoms. The molecule has 0 atom stereocenters. The molecule has 0 bridgehead atoms. The number of rotatable bonds is 0. The molecule has 0 rings (SSSR count). The van der Waals surface area contributed by atoms with Gasteiger partial charge in [0.25, 0.3) is 0 Å². The monoisotopic (exact) mass is 991 g/mol. The third-order valence-electron chi connectivity index (χ3n) is 0. The third-order valence-corrected chi connectivity index (χ3v) is 0. The van der Waals surface area contributed by atoms with Crippen LogP contribution in [-0.4, -0.2) is 0 Å². The van der Waals surface area contributed by atoms with Gasteiger partial charge in [0.2, 0.25) is 0 Å². The van der Waals surface area contributed by atoms with E-state index in [1.54, 1.807) is 0 Å². The summed E-state index contributed by atoms with van der Waals surface area (Å²) >= 11 is -18.0. The van der Waals surface area contributed by atoms with Crippen LogP contribution < -0.4 is 44.3 Å². The molecule has 0 saturated heterocycles. The van der Waals surface area contributed by atoms with Crippen LogP contribution in [0.3, 0.4) is 0 Å². The first-order chi connectivity index (χ1) is 6.00. The first kappa shape index (κ1) is 44.9. The summed E-state index contributed by atoms with van der Waals surface area (Å²) < 4.78 is 104. The third kappa shape index (κ3) is 281. The summed E-state index contributed by atoms with van der Waals surface area (Å²) in [5.41, 5.74) is 0. The molecule has 0 aromatic carbocycles. The SMILES string of the molecule is [Dy+3].[Dy+3].[Dy+3].[Dy+3].[O-][Ti]([O-])([O-])[O-].[O-][Ti]([O-])([O-])[O-].[O-][Ti]([O-])([O-])[O-]. The van der Waals surface area contributed by atoms with Gasteiger partial charge in [-0.25, -0.2) is 0 Å². The molecule has 0 heterocycles. The molecule has 12 nitrogen and oxygen atoms in total. The van der Waals surface area contributed by atoms with Gasteiger partial charge < -0.3 is 0 Å². The first-order valence-electron chi connectivity index (χ1n) is 2.45. The Balaban J connectivity index is -0.0000000206. The van der Waals surface area contributed by atoms with Crippen LogP contribution in [0.5, 0.6) is 0 Å². The van der Waals surface area contributed by atoms with Crippen molar-refractivity contribution in [2.75, 3.05) is 0 Å². The summed E-state index contributed by atoms with van der Waals surface area (Å²) in [6, 6.07) is 0. The molecular formula is Dy4O12Ti3. The van der Waals surface area contributed by atoms with Crippen LogP contribution >= 0.6 is 0 Å². The molecule has 0 aromatic heterocycles. The van der Waals surface area contributed by atoms with Gasteiger partial charge in [0.05, 0.1) is 0 Å². The normalized spacial score (nSPS) is 9.47. The number of hydrogen-bond acceptors (Lipinski definition) is 12. The molecule has 0 spiro atoms. The van der Waals surface area contributed by atoms with E-state index in [1.807, 2.05) is 0 Å². The van der Waals surface area contributed by atoms with E-state index in [0.717, 1.165) is 0 Å². The molecule has 0 unspecified atom stereocenters. The fourth-order valence-electron chi connectivity index (χ4n) is 0. The van der Waals surface area contributed by atoms with Crippen LogP contribution in [0.25, 0.3) is 0 Å². The molecule has 4 radical (unpaired) electrons. The van der Waals surface area contributed by atoms with Crippen molar-refractivity contribution in [3.63, 3.8) is 0 Å². The van der Waals surface area contributed by atoms with E-state index in [0.29, 0.717) is 0 Å². The van der Waals surface area contributed by atoms with E-state index in [1.165, 1.54) is 0 Å². The van der Waals surface area contributed by atoms with Crippen molar-refractivity contribution in [3.8, 4) is 0 Å². The Labute approximate surface area is 244 Å². The average molecular weight is 986 g/mol. The summed E-state index contributed by atoms with van der Waals surface area (Å²) in [7, 11) is 0. The fraction of sp³-hybridized carbons (Fsp3) is 0. The molecule has 0 saturated carbocycles. The van der Waals surface area contributed by atoms with Gasteiger partial charge in [0.15, 0.2) is 0 Å². The van der Waals surface area contributed by atoms with Crippen molar-refractivity contribution in [1.82, 2.24) is 0 Å². The summed E-state index contributed by atoms with van der Waals surface area (Å²) in [5.74, 6) is 0. The van der Waals surface area contributed by atoms with E-state index in [9.17, 15) is 0 Å². The van der Waals surface area contributed by atoms with Gasteiger partial charge in [-0.05, 0) is 0 Å². The number of hydrogen-bond donors (Lipinski definition) is 0. The zero-order valence-electron chi connectivity index (χ0n) is 7.66. The van der Waals surface area contributed by atoms with E-state index in [-0.39, 0.29) is 153 Å². The van der Waals surface area contributed by atoms with Gasteiger partial charge in [-0.2, -0.15) is 0 Å². The Kier molecular flexibility index (Phi) is 53.8. The summed E-state index contributed by atoms with van der Waals surface area (Å²) in [6.45, 7) is 0. The van der Waals surface area contributed by atoms with Crippen molar-refractivity contribution in [1.29, 1.82) is 0 Å². The quantitative estimate of drug-likeness (QED) is 0.205. The standard InChI is InChI=1S/4Dy.12O.3Ti/q4*+3;12*-1;;;. The predicted octanol–water partition coefficient (Wildman–Crippen LogP) is -14.3. The second-order valence-electron chi connectivity index (χ2n) is 1.50. The van der Waals surface area contributed by atoms with Crippen molar-refractivity contribution in [2.24, 2.45) is 0 Å². The minimum atomic E-state index is -6.00. The second-order valence-corrected chi connectivity index (χ2v) is 6.18. The van der Waals surface area contributed by atoms with Crippen LogP contribution in [-0.2, 0) is 54.4 Å². The van der Waals surface area contributed by atoms with Gasteiger partial charge in [0.1, 0.15) is 0 Å². The molecule has 0 aliphatic heterocycles. The summed E-state index contributed by atoms with van der Waals surface area (Å²) in [4.78, 5) is 0. The van der Waals surface area contributed by atoms with Crippen LogP contribution in [0.15, 0.2) is 0 Å². The summed E-state index contributed by atoms with van der Waals surface area (Å²) in [6.07, 6.45) is 0. The summed E-state index contributed by atoms with van der Waals surface area (Å²) in [5, 5.41) is 0. The Morgan fingerprint density at radius 3 is 0.263 bits per heavy atom. The molecule has 0 aliphatic carbocycles. The van der Waals surface area contributed by atoms with Crippen molar-refractivity contribution in [3.05, 3.63) is 0 Å². The van der Waals surface area contributed by atoms with Crippen molar-refractivity contribution >= 4 is 0 Å².